The smallest absolute Gasteiger partial charge is 0.300 e. The molecule has 6 nitrogen and oxygen atoms in total. The van der Waals surface area contributed by atoms with Crippen LogP contribution in [0.15, 0.2) is 72.6 Å². The number of hydrogen-bond donors (Lipinski definition) is 1. The number of rotatable bonds is 6. The molecule has 0 radical (unpaired) electrons. The Labute approximate surface area is 197 Å². The third-order valence-electron chi connectivity index (χ3n) is 5.59. The number of aliphatic hydroxyl groups excluding tert-OH is 1. The monoisotopic (exact) mass is 460 g/mol. The lowest BCUT2D eigenvalue weighted by atomic mass is 9.95. The lowest BCUT2D eigenvalue weighted by Gasteiger charge is -2.25. The van der Waals surface area contributed by atoms with E-state index in [-0.39, 0.29) is 11.3 Å². The van der Waals surface area contributed by atoms with Crippen molar-refractivity contribution in [3.63, 3.8) is 0 Å². The zero-order chi connectivity index (χ0) is 24.4. The maximum atomic E-state index is 13.5. The molecule has 1 saturated heterocycles. The van der Waals surface area contributed by atoms with E-state index in [0.717, 1.165) is 5.56 Å². The van der Waals surface area contributed by atoms with Gasteiger partial charge in [-0.1, -0.05) is 13.8 Å². The van der Waals surface area contributed by atoms with Crippen molar-refractivity contribution in [1.82, 2.24) is 4.98 Å². The van der Waals surface area contributed by atoms with E-state index in [1.54, 1.807) is 42.7 Å². The molecule has 0 aliphatic carbocycles. The number of ether oxygens (including phenoxy) is 1. The third kappa shape index (κ3) is 4.41. The van der Waals surface area contributed by atoms with Crippen molar-refractivity contribution in [3.05, 3.63) is 95.1 Å². The quantitative estimate of drug-likeness (QED) is 0.311. The van der Waals surface area contributed by atoms with Crippen LogP contribution in [-0.2, 0) is 9.59 Å². The van der Waals surface area contributed by atoms with Gasteiger partial charge in [0.05, 0.1) is 18.2 Å². The Hall–Kier alpha value is -4.00. The molecule has 0 bridgehead atoms. The Balaban J connectivity index is 1.83. The van der Waals surface area contributed by atoms with Crippen molar-refractivity contribution in [2.75, 3.05) is 11.5 Å². The molecule has 0 spiro atoms. The second-order valence-corrected chi connectivity index (χ2v) is 8.61. The van der Waals surface area contributed by atoms with Gasteiger partial charge >= 0.3 is 0 Å². The van der Waals surface area contributed by atoms with Gasteiger partial charge < -0.3 is 9.84 Å². The first-order chi connectivity index (χ1) is 16.3. The van der Waals surface area contributed by atoms with Gasteiger partial charge in [0.25, 0.3) is 11.7 Å². The number of hydrogen-bond acceptors (Lipinski definition) is 5. The second-order valence-electron chi connectivity index (χ2n) is 8.61. The minimum atomic E-state index is -0.898. The van der Waals surface area contributed by atoms with E-state index >= 15 is 0 Å². The molecule has 1 N–H and O–H groups in total. The molecule has 34 heavy (non-hydrogen) atoms. The van der Waals surface area contributed by atoms with E-state index in [1.807, 2.05) is 6.92 Å². The van der Waals surface area contributed by atoms with Gasteiger partial charge in [0.15, 0.2) is 0 Å². The van der Waals surface area contributed by atoms with Crippen molar-refractivity contribution in [1.29, 1.82) is 0 Å². The fraction of sp³-hybridized carbons (Fsp3) is 0.222. The maximum Gasteiger partial charge on any atom is 0.300 e. The molecule has 1 aliphatic heterocycles. The molecule has 1 aromatic heterocycles. The highest BCUT2D eigenvalue weighted by Gasteiger charge is 2.47. The van der Waals surface area contributed by atoms with Gasteiger partial charge in [-0.15, -0.1) is 0 Å². The Morgan fingerprint density at radius 3 is 2.38 bits per heavy atom. The highest BCUT2D eigenvalue weighted by Crippen LogP contribution is 2.42. The van der Waals surface area contributed by atoms with Crippen LogP contribution in [0.25, 0.3) is 5.76 Å². The van der Waals surface area contributed by atoms with Crippen LogP contribution in [0.5, 0.6) is 5.75 Å². The Kier molecular flexibility index (Phi) is 6.45. The normalized spacial score (nSPS) is 17.4. The Morgan fingerprint density at radius 1 is 1.09 bits per heavy atom. The molecule has 1 fully saturated rings. The van der Waals surface area contributed by atoms with E-state index < -0.39 is 23.5 Å². The average molecular weight is 461 g/mol. The molecule has 1 unspecified atom stereocenters. The fourth-order valence-corrected chi connectivity index (χ4v) is 3.93. The summed E-state index contributed by atoms with van der Waals surface area (Å²) in [5.74, 6) is -1.33. The van der Waals surface area contributed by atoms with Crippen molar-refractivity contribution in [3.8, 4) is 5.75 Å². The van der Waals surface area contributed by atoms with Gasteiger partial charge in [-0.3, -0.25) is 19.5 Å². The van der Waals surface area contributed by atoms with Gasteiger partial charge in [-0.2, -0.15) is 0 Å². The number of ketones is 1. The lowest BCUT2D eigenvalue weighted by molar-refractivity contribution is -0.132. The SMILES string of the molecule is Cc1cc(/C(O)=C2/C(=O)C(=O)N(c3ccc(F)cc3)C2c2ccncc2)ccc1OCC(C)C. The summed E-state index contributed by atoms with van der Waals surface area (Å²) in [6, 6.07) is 12.9. The number of nitrogens with zero attached hydrogens (tertiary/aromatic N) is 2. The first-order valence-corrected chi connectivity index (χ1v) is 11.0. The molecule has 174 valence electrons. The number of aromatic nitrogens is 1. The van der Waals surface area contributed by atoms with Crippen LogP contribution in [0.3, 0.4) is 0 Å². The molecule has 2 aromatic carbocycles. The van der Waals surface area contributed by atoms with Crippen LogP contribution in [0, 0.1) is 18.7 Å². The molecule has 0 saturated carbocycles. The van der Waals surface area contributed by atoms with Gasteiger partial charge in [0.2, 0.25) is 0 Å². The second kappa shape index (κ2) is 9.47. The first kappa shape index (κ1) is 23.2. The Bertz CT molecular complexity index is 1250. The average Bonchev–Trinajstić information content (AvgIpc) is 3.09. The standard InChI is InChI=1S/C27H25FN2O4/c1-16(2)15-34-22-9-4-19(14-17(22)3)25(31)23-24(18-10-12-29-13-11-18)30(27(33)26(23)32)21-7-5-20(28)6-8-21/h4-14,16,24,31H,15H2,1-3H3/b25-23-. The molecule has 1 aliphatic rings. The molecule has 4 rings (SSSR count). The van der Waals surface area contributed by atoms with Crippen molar-refractivity contribution < 1.29 is 23.8 Å². The summed E-state index contributed by atoms with van der Waals surface area (Å²) in [6.45, 7) is 6.50. The number of aliphatic hydroxyl groups is 1. The van der Waals surface area contributed by atoms with Gasteiger partial charge in [-0.25, -0.2) is 4.39 Å². The van der Waals surface area contributed by atoms with Crippen LogP contribution >= 0.6 is 0 Å². The predicted molar refractivity (Wildman–Crippen MR) is 127 cm³/mol. The number of carbonyl (C=O) groups is 2. The van der Waals surface area contributed by atoms with Crippen LogP contribution < -0.4 is 9.64 Å². The number of pyridine rings is 1. The van der Waals surface area contributed by atoms with Crippen molar-refractivity contribution in [2.45, 2.75) is 26.8 Å². The van der Waals surface area contributed by atoms with Crippen molar-refractivity contribution in [2.24, 2.45) is 5.92 Å². The number of halogens is 1. The summed E-state index contributed by atoms with van der Waals surface area (Å²) in [5.41, 5.74) is 2.07. The Morgan fingerprint density at radius 2 is 1.76 bits per heavy atom. The van der Waals surface area contributed by atoms with E-state index in [1.165, 1.54) is 29.2 Å². The highest BCUT2D eigenvalue weighted by molar-refractivity contribution is 6.51. The summed E-state index contributed by atoms with van der Waals surface area (Å²) in [6.07, 6.45) is 3.09. The van der Waals surface area contributed by atoms with E-state index in [9.17, 15) is 19.1 Å². The number of anilines is 1. The first-order valence-electron chi connectivity index (χ1n) is 11.0. The van der Waals surface area contributed by atoms with Crippen LogP contribution in [0.4, 0.5) is 10.1 Å². The molecule has 3 aromatic rings. The largest absolute Gasteiger partial charge is 0.507 e. The van der Waals surface area contributed by atoms with Crippen molar-refractivity contribution >= 4 is 23.1 Å². The van der Waals surface area contributed by atoms with Crippen LogP contribution in [0.2, 0.25) is 0 Å². The summed E-state index contributed by atoms with van der Waals surface area (Å²) < 4.78 is 19.3. The molecular weight excluding hydrogens is 435 g/mol. The van der Waals surface area contributed by atoms with Gasteiger partial charge in [0, 0.05) is 23.6 Å². The third-order valence-corrected chi connectivity index (χ3v) is 5.59. The lowest BCUT2D eigenvalue weighted by Crippen LogP contribution is -2.29. The number of benzene rings is 2. The zero-order valence-corrected chi connectivity index (χ0v) is 19.2. The molecule has 7 heteroatoms. The maximum absolute atomic E-state index is 13.5. The van der Waals surface area contributed by atoms with E-state index in [4.69, 9.17) is 4.74 Å². The minimum Gasteiger partial charge on any atom is -0.507 e. The number of amides is 1. The fourth-order valence-electron chi connectivity index (χ4n) is 3.93. The summed E-state index contributed by atoms with van der Waals surface area (Å²) in [7, 11) is 0. The van der Waals surface area contributed by atoms with Gasteiger partial charge in [0.1, 0.15) is 17.3 Å². The summed E-state index contributed by atoms with van der Waals surface area (Å²) >= 11 is 0. The summed E-state index contributed by atoms with van der Waals surface area (Å²) in [5, 5.41) is 11.2. The molecular formula is C27H25FN2O4. The predicted octanol–water partition coefficient (Wildman–Crippen LogP) is 5.19. The molecule has 2 heterocycles. The van der Waals surface area contributed by atoms with Crippen LogP contribution in [-0.4, -0.2) is 28.4 Å². The van der Waals surface area contributed by atoms with Crippen LogP contribution in [0.1, 0.15) is 36.6 Å². The topological polar surface area (TPSA) is 79.7 Å². The number of Topliss-reactive ketones (excluding diaryl/α,β-unsaturated/α-hetero) is 1. The highest BCUT2D eigenvalue weighted by atomic mass is 19.1. The summed E-state index contributed by atoms with van der Waals surface area (Å²) in [4.78, 5) is 31.5. The molecule has 1 atom stereocenters. The van der Waals surface area contributed by atoms with E-state index in [0.29, 0.717) is 35.1 Å². The molecule has 1 amide bonds. The number of carbonyl (C=O) groups excluding carboxylic acids is 2. The van der Waals surface area contributed by atoms with Gasteiger partial charge in [-0.05, 0) is 78.6 Å². The van der Waals surface area contributed by atoms with E-state index in [2.05, 4.69) is 18.8 Å². The number of aryl methyl sites for hydroxylation is 1. The minimum absolute atomic E-state index is 0.0456. The zero-order valence-electron chi connectivity index (χ0n) is 19.2.